The predicted molar refractivity (Wildman–Crippen MR) is 90.9 cm³/mol. The van der Waals surface area contributed by atoms with Crippen LogP contribution in [0.4, 0.5) is 0 Å². The summed E-state index contributed by atoms with van der Waals surface area (Å²) in [5, 5.41) is 0. The second-order valence-corrected chi connectivity index (χ2v) is 8.51. The Hall–Kier alpha value is 0.1000. The van der Waals surface area contributed by atoms with E-state index in [9.17, 15) is 0 Å². The molecule has 0 saturated carbocycles. The summed E-state index contributed by atoms with van der Waals surface area (Å²) in [6.45, 7) is 14.3. The summed E-state index contributed by atoms with van der Waals surface area (Å²) in [4.78, 5) is 11.2. The highest BCUT2D eigenvalue weighted by molar-refractivity contribution is 9.11. The van der Waals surface area contributed by atoms with Gasteiger partial charge in [-0.25, -0.2) is 9.78 Å². The van der Waals surface area contributed by atoms with Gasteiger partial charge in [-0.2, -0.15) is 0 Å². The molecule has 0 N–H and O–H groups in total. The first-order chi connectivity index (χ1) is 8.94. The van der Waals surface area contributed by atoms with Crippen molar-refractivity contribution in [3.8, 4) is 0 Å². The molecule has 0 spiro atoms. The minimum atomic E-state index is -0.538. The Bertz CT molecular complexity index is 474. The van der Waals surface area contributed by atoms with Crippen LogP contribution in [0, 0.1) is 0 Å². The predicted octanol–water partition coefficient (Wildman–Crippen LogP) is 6.32. The van der Waals surface area contributed by atoms with Gasteiger partial charge in [0.15, 0.2) is 0 Å². The van der Waals surface area contributed by atoms with Gasteiger partial charge in [0.2, 0.25) is 0 Å². The zero-order chi connectivity index (χ0) is 15.7. The molecule has 114 valence electrons. The Morgan fingerprint density at radius 1 is 0.900 bits per heavy atom. The van der Waals surface area contributed by atoms with Crippen molar-refractivity contribution in [3.05, 3.63) is 32.2 Å². The molecule has 1 aromatic carbocycles. The third-order valence-electron chi connectivity index (χ3n) is 2.86. The molecule has 0 atom stereocenters. The summed E-state index contributed by atoms with van der Waals surface area (Å²) in [5.41, 5.74) is 1.45. The Morgan fingerprint density at radius 2 is 1.45 bits per heavy atom. The molecule has 4 heteroatoms. The largest absolute Gasteiger partial charge is 0.230 e. The van der Waals surface area contributed by atoms with E-state index in [0.29, 0.717) is 5.92 Å². The molecule has 0 unspecified atom stereocenters. The monoisotopic (exact) mass is 406 g/mol. The molecule has 0 amide bonds. The molecule has 0 aromatic heterocycles. The van der Waals surface area contributed by atoms with E-state index in [1.54, 1.807) is 0 Å². The minimum Gasteiger partial charge on any atom is -0.230 e. The van der Waals surface area contributed by atoms with E-state index in [1.807, 2.05) is 34.6 Å². The molecule has 0 aliphatic rings. The van der Waals surface area contributed by atoms with Crippen LogP contribution in [0.15, 0.2) is 21.1 Å². The fourth-order valence-electron chi connectivity index (χ4n) is 1.74. The Balaban J connectivity index is 3.09. The number of hydrogen-bond donors (Lipinski definition) is 0. The third-order valence-corrected chi connectivity index (χ3v) is 4.20. The van der Waals surface area contributed by atoms with E-state index < -0.39 is 5.60 Å². The van der Waals surface area contributed by atoms with Crippen molar-refractivity contribution < 1.29 is 9.78 Å². The van der Waals surface area contributed by atoms with Crippen LogP contribution in [0.3, 0.4) is 0 Å². The van der Waals surface area contributed by atoms with Gasteiger partial charge in [-0.15, -0.1) is 0 Å². The first-order valence-electron chi connectivity index (χ1n) is 6.80. The quantitative estimate of drug-likeness (QED) is 0.429. The smallest absolute Gasteiger partial charge is 0.124 e. The third kappa shape index (κ3) is 4.83. The van der Waals surface area contributed by atoms with Gasteiger partial charge >= 0.3 is 0 Å². The topological polar surface area (TPSA) is 18.5 Å². The lowest BCUT2D eigenvalue weighted by Gasteiger charge is -2.30. The first-order valence-corrected chi connectivity index (χ1v) is 8.39. The molecule has 1 aromatic rings. The van der Waals surface area contributed by atoms with Crippen LogP contribution in [0.5, 0.6) is 0 Å². The molecule has 20 heavy (non-hydrogen) atoms. The maximum atomic E-state index is 5.67. The van der Waals surface area contributed by atoms with E-state index in [-0.39, 0.29) is 5.60 Å². The second-order valence-electron chi connectivity index (χ2n) is 6.80. The van der Waals surface area contributed by atoms with Gasteiger partial charge in [0.05, 0.1) is 5.60 Å². The fraction of sp³-hybridized carbons (Fsp3) is 0.625. The molecule has 0 fully saturated rings. The highest BCUT2D eigenvalue weighted by Gasteiger charge is 2.29. The molecule has 0 bridgehead atoms. The van der Waals surface area contributed by atoms with Crippen LogP contribution in [0.25, 0.3) is 0 Å². The van der Waals surface area contributed by atoms with Crippen LogP contribution in [-0.4, -0.2) is 5.60 Å². The van der Waals surface area contributed by atoms with Crippen molar-refractivity contribution in [1.29, 1.82) is 0 Å². The highest BCUT2D eigenvalue weighted by atomic mass is 79.9. The summed E-state index contributed by atoms with van der Waals surface area (Å²) in [7, 11) is 0. The maximum Gasteiger partial charge on any atom is 0.124 e. The average molecular weight is 408 g/mol. The first kappa shape index (κ1) is 18.1. The van der Waals surface area contributed by atoms with Crippen LogP contribution >= 0.6 is 31.9 Å². The summed E-state index contributed by atoms with van der Waals surface area (Å²) in [6, 6.07) is 4.25. The molecule has 0 radical (unpaired) electrons. The van der Waals surface area contributed by atoms with Crippen LogP contribution < -0.4 is 0 Å². The molecular formula is C16H24Br2O2. The van der Waals surface area contributed by atoms with Gasteiger partial charge in [-0.1, -0.05) is 45.7 Å². The van der Waals surface area contributed by atoms with E-state index in [1.165, 1.54) is 5.56 Å². The molecule has 0 heterocycles. The normalized spacial score (nSPS) is 13.1. The Kier molecular flexibility index (Phi) is 5.87. The van der Waals surface area contributed by atoms with E-state index >= 15 is 0 Å². The van der Waals surface area contributed by atoms with Gasteiger partial charge in [0.1, 0.15) is 5.60 Å². The number of hydrogen-bond acceptors (Lipinski definition) is 2. The van der Waals surface area contributed by atoms with Crippen LogP contribution in [-0.2, 0) is 15.4 Å². The van der Waals surface area contributed by atoms with E-state index in [0.717, 1.165) is 14.5 Å². The summed E-state index contributed by atoms with van der Waals surface area (Å²) in [6.07, 6.45) is 0. The molecule has 0 aliphatic carbocycles. The van der Waals surface area contributed by atoms with Crippen molar-refractivity contribution in [2.45, 2.75) is 65.6 Å². The summed E-state index contributed by atoms with van der Waals surface area (Å²) in [5.74, 6) is 0.463. The van der Waals surface area contributed by atoms with Crippen LogP contribution in [0.1, 0.15) is 65.5 Å². The average Bonchev–Trinajstić information content (AvgIpc) is 2.28. The van der Waals surface area contributed by atoms with Crippen LogP contribution in [0.2, 0.25) is 0 Å². The molecule has 0 saturated heterocycles. The number of benzene rings is 1. The Morgan fingerprint density at radius 3 is 1.90 bits per heavy atom. The Labute approximate surface area is 139 Å². The molecular weight excluding hydrogens is 384 g/mol. The van der Waals surface area contributed by atoms with Gasteiger partial charge in [-0.3, -0.25) is 0 Å². The SMILES string of the molecule is CC(C)c1cc(Br)c(C(C)(C)OOC(C)(C)C)cc1Br. The van der Waals surface area contributed by atoms with Gasteiger partial charge in [0.25, 0.3) is 0 Å². The van der Waals surface area contributed by atoms with Gasteiger partial charge in [-0.05, 0) is 58.2 Å². The zero-order valence-electron chi connectivity index (χ0n) is 13.3. The number of rotatable bonds is 4. The zero-order valence-corrected chi connectivity index (χ0v) is 16.5. The molecule has 1 rings (SSSR count). The fourth-order valence-corrected chi connectivity index (χ4v) is 3.38. The van der Waals surface area contributed by atoms with Crippen molar-refractivity contribution in [2.24, 2.45) is 0 Å². The highest BCUT2D eigenvalue weighted by Crippen LogP contribution is 2.38. The summed E-state index contributed by atoms with van der Waals surface area (Å²) < 4.78 is 2.13. The lowest BCUT2D eigenvalue weighted by atomic mass is 9.94. The standard InChI is InChI=1S/C16H24Br2O2/c1-10(2)11-8-14(18)12(9-13(11)17)16(6,7)20-19-15(3,4)5/h8-10H,1-7H3. The van der Waals surface area contributed by atoms with E-state index in [4.69, 9.17) is 9.78 Å². The lowest BCUT2D eigenvalue weighted by molar-refractivity contribution is -0.401. The van der Waals surface area contributed by atoms with Crippen molar-refractivity contribution >= 4 is 31.9 Å². The van der Waals surface area contributed by atoms with Gasteiger partial charge < -0.3 is 0 Å². The van der Waals surface area contributed by atoms with E-state index in [2.05, 4.69) is 57.8 Å². The number of halogens is 2. The van der Waals surface area contributed by atoms with Gasteiger partial charge in [0, 0.05) is 14.5 Å². The van der Waals surface area contributed by atoms with Crippen molar-refractivity contribution in [1.82, 2.24) is 0 Å². The second kappa shape index (κ2) is 6.47. The summed E-state index contributed by atoms with van der Waals surface area (Å²) >= 11 is 7.30. The maximum absolute atomic E-state index is 5.67. The van der Waals surface area contributed by atoms with Crippen molar-refractivity contribution in [2.75, 3.05) is 0 Å². The molecule has 2 nitrogen and oxygen atoms in total. The lowest BCUT2D eigenvalue weighted by Crippen LogP contribution is -2.29. The minimum absolute atomic E-state index is 0.334. The van der Waals surface area contributed by atoms with Crippen molar-refractivity contribution in [3.63, 3.8) is 0 Å². The molecule has 0 aliphatic heterocycles.